The zero-order valence-electron chi connectivity index (χ0n) is 16.7. The van der Waals surface area contributed by atoms with Crippen LogP contribution in [0.15, 0.2) is 60.4 Å². The van der Waals surface area contributed by atoms with Gasteiger partial charge in [-0.3, -0.25) is 4.79 Å². The van der Waals surface area contributed by atoms with Crippen molar-refractivity contribution in [2.45, 2.75) is 20.5 Å². The molecule has 5 nitrogen and oxygen atoms in total. The fourth-order valence-electron chi connectivity index (χ4n) is 3.53. The van der Waals surface area contributed by atoms with Gasteiger partial charge in [0.25, 0.3) is 0 Å². The predicted molar refractivity (Wildman–Crippen MR) is 112 cm³/mol. The number of rotatable bonds is 4. The molecule has 2 aliphatic heterocycles. The topological polar surface area (TPSA) is 54.0 Å². The van der Waals surface area contributed by atoms with Gasteiger partial charge in [0.2, 0.25) is 12.6 Å². The molecule has 5 heteroatoms. The molecule has 30 heavy (non-hydrogen) atoms. The zero-order chi connectivity index (χ0) is 20.7. The van der Waals surface area contributed by atoms with Crippen molar-refractivity contribution in [3.05, 3.63) is 88.2 Å². The lowest BCUT2D eigenvalue weighted by molar-refractivity contribution is 0.101. The molecule has 0 atom stereocenters. The van der Waals surface area contributed by atoms with Crippen LogP contribution in [0.1, 0.15) is 32.6 Å². The average Bonchev–Trinajstić information content (AvgIpc) is 3.33. The van der Waals surface area contributed by atoms with E-state index >= 15 is 0 Å². The first-order valence-electron chi connectivity index (χ1n) is 9.74. The Morgan fingerprint density at radius 1 is 0.933 bits per heavy atom. The first-order chi connectivity index (χ1) is 14.6. The van der Waals surface area contributed by atoms with Gasteiger partial charge in [0, 0.05) is 6.07 Å². The van der Waals surface area contributed by atoms with E-state index in [0.717, 1.165) is 11.1 Å². The standard InChI is InChI=1S/C25H20O5/c1-15-3-4-16(2)18(9-15)13-27-19-6-7-20-22(12-19)30-24(25(20)26)11-17-5-8-21-23(10-17)29-14-28-21/h3-12H,13-14H2,1-2H3/b24-11-. The monoisotopic (exact) mass is 400 g/mol. The van der Waals surface area contributed by atoms with Gasteiger partial charge in [-0.1, -0.05) is 29.8 Å². The van der Waals surface area contributed by atoms with E-state index in [-0.39, 0.29) is 18.3 Å². The highest BCUT2D eigenvalue weighted by molar-refractivity contribution is 6.14. The molecule has 0 radical (unpaired) electrons. The van der Waals surface area contributed by atoms with Gasteiger partial charge in [-0.15, -0.1) is 0 Å². The van der Waals surface area contributed by atoms with Gasteiger partial charge in [0.05, 0.1) is 5.56 Å². The number of fused-ring (bicyclic) bond motifs is 2. The second kappa shape index (κ2) is 7.26. The first-order valence-corrected chi connectivity index (χ1v) is 9.74. The summed E-state index contributed by atoms with van der Waals surface area (Å²) in [5.74, 6) is 2.65. The minimum atomic E-state index is -0.149. The van der Waals surface area contributed by atoms with Gasteiger partial charge in [-0.05, 0) is 60.9 Å². The molecule has 0 aromatic heterocycles. The Balaban J connectivity index is 1.34. The maximum Gasteiger partial charge on any atom is 0.231 e. The number of carbonyl (C=O) groups is 1. The Labute approximate surface area is 174 Å². The first kappa shape index (κ1) is 18.3. The Bertz CT molecular complexity index is 1190. The maximum atomic E-state index is 12.7. The molecular weight excluding hydrogens is 380 g/mol. The highest BCUT2D eigenvalue weighted by Gasteiger charge is 2.28. The van der Waals surface area contributed by atoms with E-state index in [1.165, 1.54) is 11.1 Å². The number of ketones is 1. The number of benzene rings is 3. The minimum absolute atomic E-state index is 0.149. The van der Waals surface area contributed by atoms with Crippen LogP contribution in [0.4, 0.5) is 0 Å². The maximum absolute atomic E-state index is 12.7. The van der Waals surface area contributed by atoms with Gasteiger partial charge in [0.1, 0.15) is 18.1 Å². The van der Waals surface area contributed by atoms with Crippen molar-refractivity contribution in [1.82, 2.24) is 0 Å². The van der Waals surface area contributed by atoms with Crippen molar-refractivity contribution in [2.75, 3.05) is 6.79 Å². The summed E-state index contributed by atoms with van der Waals surface area (Å²) in [5.41, 5.74) is 4.85. The zero-order valence-corrected chi connectivity index (χ0v) is 16.7. The van der Waals surface area contributed by atoms with E-state index in [1.807, 2.05) is 18.2 Å². The van der Waals surface area contributed by atoms with E-state index < -0.39 is 0 Å². The smallest absolute Gasteiger partial charge is 0.231 e. The van der Waals surface area contributed by atoms with Crippen LogP contribution in [0.2, 0.25) is 0 Å². The van der Waals surface area contributed by atoms with Crippen LogP contribution < -0.4 is 18.9 Å². The lowest BCUT2D eigenvalue weighted by Gasteiger charge is -2.10. The van der Waals surface area contributed by atoms with E-state index in [0.29, 0.717) is 35.2 Å². The lowest BCUT2D eigenvalue weighted by Crippen LogP contribution is -1.99. The molecule has 3 aromatic carbocycles. The molecule has 0 amide bonds. The summed E-state index contributed by atoms with van der Waals surface area (Å²) in [6.45, 7) is 4.79. The van der Waals surface area contributed by atoms with E-state index in [9.17, 15) is 4.79 Å². The van der Waals surface area contributed by atoms with Gasteiger partial charge in [-0.25, -0.2) is 0 Å². The van der Waals surface area contributed by atoms with Crippen LogP contribution in [0.3, 0.4) is 0 Å². The number of ether oxygens (including phenoxy) is 4. The Morgan fingerprint density at radius 2 is 1.80 bits per heavy atom. The molecule has 0 spiro atoms. The SMILES string of the molecule is Cc1ccc(C)c(COc2ccc3c(c2)O/C(=C\c2ccc4c(c2)OCO4)C3=O)c1. The molecule has 0 saturated carbocycles. The van der Waals surface area contributed by atoms with Crippen molar-refractivity contribution in [1.29, 1.82) is 0 Å². The third-order valence-electron chi connectivity index (χ3n) is 5.23. The van der Waals surface area contributed by atoms with Crippen LogP contribution in [-0.2, 0) is 6.61 Å². The van der Waals surface area contributed by atoms with Crippen molar-refractivity contribution in [3.8, 4) is 23.0 Å². The number of Topliss-reactive ketones (excluding diaryl/α,β-unsaturated/α-hetero) is 1. The molecule has 0 saturated heterocycles. The fraction of sp³-hybridized carbons (Fsp3) is 0.160. The highest BCUT2D eigenvalue weighted by atomic mass is 16.7. The minimum Gasteiger partial charge on any atom is -0.489 e. The van der Waals surface area contributed by atoms with Crippen molar-refractivity contribution in [3.63, 3.8) is 0 Å². The third kappa shape index (κ3) is 3.39. The molecule has 2 aliphatic rings. The summed E-state index contributed by atoms with van der Waals surface area (Å²) < 4.78 is 22.5. The predicted octanol–water partition coefficient (Wildman–Crippen LogP) is 5.23. The van der Waals surface area contributed by atoms with Crippen LogP contribution in [0.5, 0.6) is 23.0 Å². The molecule has 150 valence electrons. The number of aryl methyl sites for hydroxylation is 2. The summed E-state index contributed by atoms with van der Waals surface area (Å²) in [7, 11) is 0. The van der Waals surface area contributed by atoms with Crippen LogP contribution in [0, 0.1) is 13.8 Å². The fourth-order valence-corrected chi connectivity index (χ4v) is 3.53. The molecule has 3 aromatic rings. The number of hydrogen-bond donors (Lipinski definition) is 0. The molecule has 5 rings (SSSR count). The summed E-state index contributed by atoms with van der Waals surface area (Å²) in [5, 5.41) is 0. The second-order valence-electron chi connectivity index (χ2n) is 7.43. The van der Waals surface area contributed by atoms with Gasteiger partial charge in [-0.2, -0.15) is 0 Å². The Kier molecular flexibility index (Phi) is 4.43. The number of carbonyl (C=O) groups excluding carboxylic acids is 1. The normalized spacial score (nSPS) is 15.3. The van der Waals surface area contributed by atoms with E-state index in [2.05, 4.69) is 32.0 Å². The molecule has 0 fully saturated rings. The lowest BCUT2D eigenvalue weighted by atomic mass is 10.1. The summed E-state index contributed by atoms with van der Waals surface area (Å²) >= 11 is 0. The quantitative estimate of drug-likeness (QED) is 0.562. The number of hydrogen-bond acceptors (Lipinski definition) is 5. The Hall–Kier alpha value is -3.73. The van der Waals surface area contributed by atoms with Crippen LogP contribution in [0.25, 0.3) is 6.08 Å². The van der Waals surface area contributed by atoms with Gasteiger partial charge < -0.3 is 18.9 Å². The van der Waals surface area contributed by atoms with Gasteiger partial charge in [0.15, 0.2) is 17.3 Å². The largest absolute Gasteiger partial charge is 0.489 e. The van der Waals surface area contributed by atoms with Crippen molar-refractivity contribution < 1.29 is 23.7 Å². The average molecular weight is 400 g/mol. The second-order valence-corrected chi connectivity index (χ2v) is 7.43. The summed E-state index contributed by atoms with van der Waals surface area (Å²) in [6, 6.07) is 17.1. The molecular formula is C25H20O5. The molecule has 0 bridgehead atoms. The van der Waals surface area contributed by atoms with E-state index in [4.69, 9.17) is 18.9 Å². The van der Waals surface area contributed by atoms with Crippen molar-refractivity contribution in [2.24, 2.45) is 0 Å². The Morgan fingerprint density at radius 3 is 2.70 bits per heavy atom. The van der Waals surface area contributed by atoms with Crippen LogP contribution >= 0.6 is 0 Å². The van der Waals surface area contributed by atoms with Crippen molar-refractivity contribution >= 4 is 11.9 Å². The third-order valence-corrected chi connectivity index (χ3v) is 5.23. The van der Waals surface area contributed by atoms with Crippen LogP contribution in [-0.4, -0.2) is 12.6 Å². The summed E-state index contributed by atoms with van der Waals surface area (Å²) in [6.07, 6.45) is 1.71. The molecule has 0 unspecified atom stereocenters. The molecule has 2 heterocycles. The molecule has 0 N–H and O–H groups in total. The van der Waals surface area contributed by atoms with E-state index in [1.54, 1.807) is 24.3 Å². The number of allylic oxidation sites excluding steroid dienone is 1. The highest BCUT2D eigenvalue weighted by Crippen LogP contribution is 2.37. The summed E-state index contributed by atoms with van der Waals surface area (Å²) in [4.78, 5) is 12.7. The van der Waals surface area contributed by atoms with Gasteiger partial charge >= 0.3 is 0 Å². The molecule has 0 aliphatic carbocycles.